The zero-order valence-electron chi connectivity index (χ0n) is 13.1. The molecular formula is C17H24N2O. The first kappa shape index (κ1) is 16.2. The Morgan fingerprint density at radius 1 is 1.30 bits per heavy atom. The Balaban J connectivity index is 2.56. The van der Waals surface area contributed by atoms with Gasteiger partial charge in [-0.3, -0.25) is 4.79 Å². The Kier molecular flexibility index (Phi) is 5.33. The molecule has 0 bridgehead atoms. The highest BCUT2D eigenvalue weighted by Gasteiger charge is 2.26. The summed E-state index contributed by atoms with van der Waals surface area (Å²) in [6.45, 7) is 8.51. The van der Waals surface area contributed by atoms with Gasteiger partial charge in [0.05, 0.1) is 11.6 Å². The standard InChI is InChI=1S/C17H24N2O/c1-13(17(2,3)4)19(5)16(20)11-10-14-6-8-15(12-18)9-7-14/h6-9,13H,10-11H2,1-5H3. The van der Waals surface area contributed by atoms with Gasteiger partial charge < -0.3 is 4.90 Å². The second kappa shape index (κ2) is 6.56. The predicted octanol–water partition coefficient (Wildman–Crippen LogP) is 3.38. The molecule has 3 heteroatoms. The topological polar surface area (TPSA) is 44.1 Å². The van der Waals surface area contributed by atoms with E-state index in [4.69, 9.17) is 5.26 Å². The van der Waals surface area contributed by atoms with Crippen molar-refractivity contribution < 1.29 is 4.79 Å². The minimum absolute atomic E-state index is 0.0822. The van der Waals surface area contributed by atoms with Crippen LogP contribution in [-0.4, -0.2) is 23.9 Å². The molecule has 0 saturated carbocycles. The SMILES string of the molecule is CC(N(C)C(=O)CCc1ccc(C#N)cc1)C(C)(C)C. The van der Waals surface area contributed by atoms with Gasteiger partial charge in [0.1, 0.15) is 0 Å². The van der Waals surface area contributed by atoms with Crippen LogP contribution in [0.1, 0.15) is 45.2 Å². The van der Waals surface area contributed by atoms with E-state index in [1.54, 1.807) is 12.1 Å². The molecule has 1 rings (SSSR count). The summed E-state index contributed by atoms with van der Waals surface area (Å²) >= 11 is 0. The van der Waals surface area contributed by atoms with Crippen molar-refractivity contribution in [2.45, 2.75) is 46.6 Å². The van der Waals surface area contributed by atoms with Gasteiger partial charge in [0.15, 0.2) is 0 Å². The highest BCUT2D eigenvalue weighted by Crippen LogP contribution is 2.23. The highest BCUT2D eigenvalue weighted by atomic mass is 16.2. The minimum atomic E-state index is 0.0822. The van der Waals surface area contributed by atoms with Crippen LogP contribution in [0, 0.1) is 16.7 Å². The largest absolute Gasteiger partial charge is 0.343 e. The normalized spacial score (nSPS) is 12.6. The van der Waals surface area contributed by atoms with Crippen molar-refractivity contribution in [1.29, 1.82) is 5.26 Å². The molecule has 1 aromatic carbocycles. The van der Waals surface area contributed by atoms with Gasteiger partial charge in [-0.05, 0) is 36.5 Å². The van der Waals surface area contributed by atoms with Crippen molar-refractivity contribution in [2.75, 3.05) is 7.05 Å². The number of amides is 1. The van der Waals surface area contributed by atoms with Crippen LogP contribution < -0.4 is 0 Å². The molecule has 0 aliphatic carbocycles. The van der Waals surface area contributed by atoms with Crippen molar-refractivity contribution in [3.63, 3.8) is 0 Å². The van der Waals surface area contributed by atoms with E-state index < -0.39 is 0 Å². The fourth-order valence-electron chi connectivity index (χ4n) is 1.97. The zero-order valence-corrected chi connectivity index (χ0v) is 13.1. The van der Waals surface area contributed by atoms with E-state index in [9.17, 15) is 4.79 Å². The zero-order chi connectivity index (χ0) is 15.3. The van der Waals surface area contributed by atoms with E-state index in [-0.39, 0.29) is 17.4 Å². The van der Waals surface area contributed by atoms with E-state index >= 15 is 0 Å². The molecule has 0 fully saturated rings. The van der Waals surface area contributed by atoms with Crippen LogP contribution >= 0.6 is 0 Å². The summed E-state index contributed by atoms with van der Waals surface area (Å²) in [6, 6.07) is 9.72. The van der Waals surface area contributed by atoms with Crippen molar-refractivity contribution >= 4 is 5.91 Å². The van der Waals surface area contributed by atoms with Crippen LogP contribution in [0.5, 0.6) is 0 Å². The van der Waals surface area contributed by atoms with Gasteiger partial charge in [-0.25, -0.2) is 0 Å². The van der Waals surface area contributed by atoms with Gasteiger partial charge in [-0.15, -0.1) is 0 Å². The highest BCUT2D eigenvalue weighted by molar-refractivity contribution is 5.76. The van der Waals surface area contributed by atoms with Gasteiger partial charge in [-0.2, -0.15) is 5.26 Å². The van der Waals surface area contributed by atoms with Crippen LogP contribution in [0.4, 0.5) is 0 Å². The molecule has 0 aliphatic heterocycles. The first-order valence-electron chi connectivity index (χ1n) is 7.00. The van der Waals surface area contributed by atoms with Gasteiger partial charge in [0.25, 0.3) is 0 Å². The number of hydrogen-bond donors (Lipinski definition) is 0. The van der Waals surface area contributed by atoms with Crippen molar-refractivity contribution in [3.05, 3.63) is 35.4 Å². The number of carbonyl (C=O) groups excluding carboxylic acids is 1. The molecular weight excluding hydrogens is 248 g/mol. The lowest BCUT2D eigenvalue weighted by Crippen LogP contribution is -2.43. The third-order valence-electron chi connectivity index (χ3n) is 3.94. The Hall–Kier alpha value is -1.82. The maximum absolute atomic E-state index is 12.2. The second-order valence-electron chi connectivity index (χ2n) is 6.36. The molecule has 1 amide bonds. The Bertz CT molecular complexity index is 491. The molecule has 20 heavy (non-hydrogen) atoms. The van der Waals surface area contributed by atoms with Gasteiger partial charge >= 0.3 is 0 Å². The number of benzene rings is 1. The lowest BCUT2D eigenvalue weighted by Gasteiger charge is -2.35. The number of nitriles is 1. The fourth-order valence-corrected chi connectivity index (χ4v) is 1.97. The van der Waals surface area contributed by atoms with Gasteiger partial charge in [-0.1, -0.05) is 32.9 Å². The van der Waals surface area contributed by atoms with Crippen LogP contribution in [0.15, 0.2) is 24.3 Å². The molecule has 1 unspecified atom stereocenters. The smallest absolute Gasteiger partial charge is 0.222 e. The maximum atomic E-state index is 12.2. The van der Waals surface area contributed by atoms with Gasteiger partial charge in [0.2, 0.25) is 5.91 Å². The van der Waals surface area contributed by atoms with E-state index in [0.717, 1.165) is 5.56 Å². The average Bonchev–Trinajstić information content (AvgIpc) is 2.42. The molecule has 1 aromatic rings. The number of aryl methyl sites for hydroxylation is 1. The minimum Gasteiger partial charge on any atom is -0.343 e. The summed E-state index contributed by atoms with van der Waals surface area (Å²) in [7, 11) is 1.87. The molecule has 0 spiro atoms. The Morgan fingerprint density at radius 2 is 1.85 bits per heavy atom. The molecule has 0 heterocycles. The monoisotopic (exact) mass is 272 g/mol. The first-order chi connectivity index (χ1) is 9.25. The van der Waals surface area contributed by atoms with Crippen molar-refractivity contribution in [1.82, 2.24) is 4.90 Å². The molecule has 3 nitrogen and oxygen atoms in total. The summed E-state index contributed by atoms with van der Waals surface area (Å²) < 4.78 is 0. The lowest BCUT2D eigenvalue weighted by molar-refractivity contribution is -0.133. The Morgan fingerprint density at radius 3 is 2.30 bits per heavy atom. The first-order valence-corrected chi connectivity index (χ1v) is 7.00. The van der Waals surface area contributed by atoms with Crippen molar-refractivity contribution in [2.24, 2.45) is 5.41 Å². The van der Waals surface area contributed by atoms with Crippen LogP contribution in [0.25, 0.3) is 0 Å². The quantitative estimate of drug-likeness (QED) is 0.843. The summed E-state index contributed by atoms with van der Waals surface area (Å²) in [5, 5.41) is 8.75. The molecule has 0 saturated heterocycles. The van der Waals surface area contributed by atoms with E-state index in [2.05, 4.69) is 33.8 Å². The number of rotatable bonds is 4. The van der Waals surface area contributed by atoms with E-state index in [1.807, 2.05) is 24.1 Å². The summed E-state index contributed by atoms with van der Waals surface area (Å²) in [6.07, 6.45) is 1.22. The fraction of sp³-hybridized carbons (Fsp3) is 0.529. The molecule has 0 N–H and O–H groups in total. The second-order valence-corrected chi connectivity index (χ2v) is 6.36. The summed E-state index contributed by atoms with van der Waals surface area (Å²) in [5.74, 6) is 0.164. The van der Waals surface area contributed by atoms with Crippen LogP contribution in [-0.2, 0) is 11.2 Å². The van der Waals surface area contributed by atoms with E-state index in [1.165, 1.54) is 0 Å². The number of hydrogen-bond acceptors (Lipinski definition) is 2. The lowest BCUT2D eigenvalue weighted by atomic mass is 9.87. The molecule has 108 valence electrons. The average molecular weight is 272 g/mol. The molecule has 0 aliphatic rings. The third kappa shape index (κ3) is 4.38. The van der Waals surface area contributed by atoms with Crippen LogP contribution in [0.3, 0.4) is 0 Å². The third-order valence-corrected chi connectivity index (χ3v) is 3.94. The maximum Gasteiger partial charge on any atom is 0.222 e. The predicted molar refractivity (Wildman–Crippen MR) is 81.2 cm³/mol. The molecule has 0 aromatic heterocycles. The summed E-state index contributed by atoms with van der Waals surface area (Å²) in [4.78, 5) is 14.0. The Labute approximate surface area is 122 Å². The molecule has 0 radical (unpaired) electrons. The van der Waals surface area contributed by atoms with E-state index in [0.29, 0.717) is 18.4 Å². The molecule has 1 atom stereocenters. The van der Waals surface area contributed by atoms with Crippen LogP contribution in [0.2, 0.25) is 0 Å². The summed E-state index contributed by atoms with van der Waals surface area (Å²) in [5.41, 5.74) is 1.83. The number of carbonyl (C=O) groups is 1. The number of nitrogens with zero attached hydrogens (tertiary/aromatic N) is 2. The van der Waals surface area contributed by atoms with Gasteiger partial charge in [0, 0.05) is 19.5 Å². The van der Waals surface area contributed by atoms with Crippen molar-refractivity contribution in [3.8, 4) is 6.07 Å².